The van der Waals surface area contributed by atoms with E-state index in [0.29, 0.717) is 5.95 Å². The molecule has 5 nitrogen and oxygen atoms in total. The van der Waals surface area contributed by atoms with E-state index in [-0.39, 0.29) is 0 Å². The van der Waals surface area contributed by atoms with Crippen molar-refractivity contribution < 1.29 is 4.42 Å². The summed E-state index contributed by atoms with van der Waals surface area (Å²) in [4.78, 5) is 4.51. The van der Waals surface area contributed by atoms with Gasteiger partial charge in [0.2, 0.25) is 5.95 Å². The van der Waals surface area contributed by atoms with Crippen LogP contribution in [0.5, 0.6) is 0 Å². The number of allylic oxidation sites excluding steroid dienone is 3. The monoisotopic (exact) mass is 278 g/mol. The van der Waals surface area contributed by atoms with Crippen molar-refractivity contribution in [2.45, 2.75) is 12.8 Å². The van der Waals surface area contributed by atoms with Gasteiger partial charge < -0.3 is 9.73 Å². The standard InChI is InChI=1S/C16H14N4O/c1-2-5-13(6-3-1)17-16-18-15-8-4-7-14(20(15)19-16)12-9-10-21-11-12/h2,4-11H,1,3H2,(H,17,19). The SMILES string of the molecule is C1=CC(Nc2nc3cccc(-c4ccoc4)n3n2)=CCC1. The van der Waals surface area contributed by atoms with Crippen molar-refractivity contribution in [3.05, 3.63) is 60.7 Å². The highest BCUT2D eigenvalue weighted by Gasteiger charge is 2.10. The van der Waals surface area contributed by atoms with E-state index in [2.05, 4.69) is 33.6 Å². The van der Waals surface area contributed by atoms with Crippen LogP contribution in [0.25, 0.3) is 16.9 Å². The fourth-order valence-corrected chi connectivity index (χ4v) is 2.42. The number of fused-ring (bicyclic) bond motifs is 1. The minimum atomic E-state index is 0.601. The molecule has 0 fully saturated rings. The number of aromatic nitrogens is 3. The molecule has 5 heteroatoms. The average molecular weight is 278 g/mol. The Kier molecular flexibility index (Phi) is 2.81. The Hall–Kier alpha value is -2.82. The van der Waals surface area contributed by atoms with Crippen molar-refractivity contribution >= 4 is 11.6 Å². The number of hydrogen-bond donors (Lipinski definition) is 1. The second kappa shape index (κ2) is 4.94. The van der Waals surface area contributed by atoms with Gasteiger partial charge in [-0.05, 0) is 37.1 Å². The third kappa shape index (κ3) is 2.23. The van der Waals surface area contributed by atoms with Crippen LogP contribution in [0.1, 0.15) is 12.8 Å². The molecule has 3 heterocycles. The molecule has 1 aliphatic rings. The van der Waals surface area contributed by atoms with Crippen LogP contribution >= 0.6 is 0 Å². The molecule has 0 atom stereocenters. The van der Waals surface area contributed by atoms with Crippen molar-refractivity contribution in [1.82, 2.24) is 14.6 Å². The van der Waals surface area contributed by atoms with E-state index in [1.807, 2.05) is 28.8 Å². The maximum Gasteiger partial charge on any atom is 0.247 e. The number of rotatable bonds is 3. The van der Waals surface area contributed by atoms with E-state index < -0.39 is 0 Å². The Morgan fingerprint density at radius 3 is 3.00 bits per heavy atom. The summed E-state index contributed by atoms with van der Waals surface area (Å²) in [7, 11) is 0. The Labute approximate surface area is 121 Å². The summed E-state index contributed by atoms with van der Waals surface area (Å²) >= 11 is 0. The zero-order valence-electron chi connectivity index (χ0n) is 11.4. The van der Waals surface area contributed by atoms with Crippen LogP contribution in [0, 0.1) is 0 Å². The molecule has 21 heavy (non-hydrogen) atoms. The van der Waals surface area contributed by atoms with E-state index in [1.165, 1.54) is 0 Å². The first-order valence-electron chi connectivity index (χ1n) is 6.92. The van der Waals surface area contributed by atoms with Gasteiger partial charge in [0.25, 0.3) is 0 Å². The van der Waals surface area contributed by atoms with Gasteiger partial charge in [-0.15, -0.1) is 5.10 Å². The first kappa shape index (κ1) is 12.0. The van der Waals surface area contributed by atoms with Gasteiger partial charge in [-0.3, -0.25) is 0 Å². The summed E-state index contributed by atoms with van der Waals surface area (Å²) in [6.45, 7) is 0. The minimum Gasteiger partial charge on any atom is -0.472 e. The van der Waals surface area contributed by atoms with Gasteiger partial charge in [0, 0.05) is 11.3 Å². The smallest absolute Gasteiger partial charge is 0.247 e. The number of anilines is 1. The lowest BCUT2D eigenvalue weighted by atomic mass is 10.1. The second-order valence-electron chi connectivity index (χ2n) is 4.89. The third-order valence-electron chi connectivity index (χ3n) is 3.43. The molecular formula is C16H14N4O. The van der Waals surface area contributed by atoms with Crippen LogP contribution in [-0.2, 0) is 0 Å². The van der Waals surface area contributed by atoms with Gasteiger partial charge in [0.1, 0.15) is 0 Å². The molecule has 0 aromatic carbocycles. The van der Waals surface area contributed by atoms with Crippen molar-refractivity contribution in [3.63, 3.8) is 0 Å². The predicted octanol–water partition coefficient (Wildman–Crippen LogP) is 3.64. The molecule has 0 aliphatic heterocycles. The quantitative estimate of drug-likeness (QED) is 0.794. The maximum absolute atomic E-state index is 5.15. The third-order valence-corrected chi connectivity index (χ3v) is 3.43. The summed E-state index contributed by atoms with van der Waals surface area (Å²) in [5.41, 5.74) is 3.78. The van der Waals surface area contributed by atoms with Gasteiger partial charge in [-0.1, -0.05) is 18.2 Å². The first-order valence-corrected chi connectivity index (χ1v) is 6.92. The summed E-state index contributed by atoms with van der Waals surface area (Å²) in [6.07, 6.45) is 11.9. The zero-order valence-corrected chi connectivity index (χ0v) is 11.4. The molecule has 0 radical (unpaired) electrons. The maximum atomic E-state index is 5.15. The summed E-state index contributed by atoms with van der Waals surface area (Å²) < 4.78 is 6.97. The van der Waals surface area contributed by atoms with E-state index in [0.717, 1.165) is 35.4 Å². The van der Waals surface area contributed by atoms with Gasteiger partial charge >= 0.3 is 0 Å². The van der Waals surface area contributed by atoms with E-state index >= 15 is 0 Å². The Balaban J connectivity index is 1.74. The molecule has 1 aliphatic carbocycles. The Morgan fingerprint density at radius 1 is 1.19 bits per heavy atom. The lowest BCUT2D eigenvalue weighted by Gasteiger charge is -2.06. The average Bonchev–Trinajstić information content (AvgIpc) is 3.16. The molecule has 0 amide bonds. The van der Waals surface area contributed by atoms with Crippen molar-refractivity contribution in [3.8, 4) is 11.3 Å². The van der Waals surface area contributed by atoms with Crippen LogP contribution < -0.4 is 5.32 Å². The highest BCUT2D eigenvalue weighted by atomic mass is 16.3. The van der Waals surface area contributed by atoms with E-state index in [4.69, 9.17) is 4.42 Å². The lowest BCUT2D eigenvalue weighted by molar-refractivity contribution is 0.568. The van der Waals surface area contributed by atoms with E-state index in [9.17, 15) is 0 Å². The molecule has 0 saturated heterocycles. The summed E-state index contributed by atoms with van der Waals surface area (Å²) in [5.74, 6) is 0.601. The molecule has 4 rings (SSSR count). The highest BCUT2D eigenvalue weighted by Crippen LogP contribution is 2.21. The van der Waals surface area contributed by atoms with Crippen LogP contribution in [0.2, 0.25) is 0 Å². The van der Waals surface area contributed by atoms with Gasteiger partial charge in [-0.25, -0.2) is 4.52 Å². The minimum absolute atomic E-state index is 0.601. The van der Waals surface area contributed by atoms with Gasteiger partial charge in [0.15, 0.2) is 5.65 Å². The largest absolute Gasteiger partial charge is 0.472 e. The topological polar surface area (TPSA) is 55.4 Å². The molecule has 3 aromatic heterocycles. The lowest BCUT2D eigenvalue weighted by Crippen LogP contribution is -2.01. The summed E-state index contributed by atoms with van der Waals surface area (Å²) in [6, 6.07) is 7.81. The first-order chi connectivity index (χ1) is 10.4. The Morgan fingerprint density at radius 2 is 2.19 bits per heavy atom. The molecule has 3 aromatic rings. The molecule has 1 N–H and O–H groups in total. The molecule has 0 unspecified atom stereocenters. The number of hydrogen-bond acceptors (Lipinski definition) is 4. The normalized spacial score (nSPS) is 14.4. The fourth-order valence-electron chi connectivity index (χ4n) is 2.42. The van der Waals surface area contributed by atoms with Crippen LogP contribution in [-0.4, -0.2) is 14.6 Å². The molecule has 104 valence electrons. The molecule has 0 spiro atoms. The fraction of sp³-hybridized carbons (Fsp3) is 0.125. The van der Waals surface area contributed by atoms with Crippen molar-refractivity contribution in [1.29, 1.82) is 0 Å². The van der Waals surface area contributed by atoms with Crippen LogP contribution in [0.15, 0.2) is 65.1 Å². The van der Waals surface area contributed by atoms with Crippen LogP contribution in [0.4, 0.5) is 5.95 Å². The van der Waals surface area contributed by atoms with Gasteiger partial charge in [-0.2, -0.15) is 4.98 Å². The van der Waals surface area contributed by atoms with Gasteiger partial charge in [0.05, 0.1) is 18.2 Å². The molecule has 0 saturated carbocycles. The van der Waals surface area contributed by atoms with E-state index in [1.54, 1.807) is 12.5 Å². The second-order valence-corrected chi connectivity index (χ2v) is 4.89. The molecule has 0 bridgehead atoms. The van der Waals surface area contributed by atoms with Crippen molar-refractivity contribution in [2.75, 3.05) is 5.32 Å². The number of nitrogens with one attached hydrogen (secondary N) is 1. The highest BCUT2D eigenvalue weighted by molar-refractivity contribution is 5.62. The zero-order chi connectivity index (χ0) is 14.1. The number of pyridine rings is 1. The predicted molar refractivity (Wildman–Crippen MR) is 80.8 cm³/mol. The Bertz CT molecular complexity index is 827. The number of nitrogens with zero attached hydrogens (tertiary/aromatic N) is 3. The molecular weight excluding hydrogens is 264 g/mol. The van der Waals surface area contributed by atoms with Crippen molar-refractivity contribution in [2.24, 2.45) is 0 Å². The van der Waals surface area contributed by atoms with Crippen LogP contribution in [0.3, 0.4) is 0 Å². The number of furan rings is 1. The summed E-state index contributed by atoms with van der Waals surface area (Å²) in [5, 5.41) is 7.79.